The molecule has 1 N–H and O–H groups in total. The van der Waals surface area contributed by atoms with Crippen LogP contribution in [-0.4, -0.2) is 28.5 Å². The number of aromatic nitrogens is 2. The summed E-state index contributed by atoms with van der Waals surface area (Å²) in [5.41, 5.74) is 2.63. The number of hydrogen-bond acceptors (Lipinski definition) is 6. The van der Waals surface area contributed by atoms with E-state index in [4.69, 9.17) is 9.15 Å². The third-order valence-corrected chi connectivity index (χ3v) is 4.18. The minimum atomic E-state index is -0.562. The highest BCUT2D eigenvalue weighted by molar-refractivity contribution is 6.01. The van der Waals surface area contributed by atoms with Crippen LogP contribution in [0, 0.1) is 0 Å². The van der Waals surface area contributed by atoms with E-state index in [1.165, 1.54) is 6.26 Å². The van der Waals surface area contributed by atoms with Crippen molar-refractivity contribution in [1.82, 2.24) is 9.97 Å². The van der Waals surface area contributed by atoms with Gasteiger partial charge in [-0.1, -0.05) is 24.3 Å². The summed E-state index contributed by atoms with van der Waals surface area (Å²) in [5, 5.41) is 3.55. The fraction of sp³-hybridized carbons (Fsp3) is 0.0909. The van der Waals surface area contributed by atoms with Gasteiger partial charge in [-0.05, 0) is 36.4 Å². The Morgan fingerprint density at radius 2 is 1.86 bits per heavy atom. The van der Waals surface area contributed by atoms with Gasteiger partial charge in [0, 0.05) is 17.1 Å². The van der Waals surface area contributed by atoms with E-state index in [0.717, 1.165) is 16.5 Å². The van der Waals surface area contributed by atoms with Crippen LogP contribution in [0.25, 0.3) is 22.4 Å². The van der Waals surface area contributed by atoms with Gasteiger partial charge in [-0.15, -0.1) is 0 Å². The first kappa shape index (κ1) is 18.4. The summed E-state index contributed by atoms with van der Waals surface area (Å²) in [6, 6.07) is 18.4. The Kier molecular flexibility index (Phi) is 5.29. The zero-order valence-corrected chi connectivity index (χ0v) is 15.4. The van der Waals surface area contributed by atoms with E-state index in [1.807, 2.05) is 42.5 Å². The Morgan fingerprint density at radius 3 is 2.72 bits per heavy atom. The maximum Gasteiger partial charge on any atom is 0.312 e. The summed E-state index contributed by atoms with van der Waals surface area (Å²) in [4.78, 5) is 32.7. The lowest BCUT2D eigenvalue weighted by molar-refractivity contribution is -0.146. The molecule has 7 heteroatoms. The van der Waals surface area contributed by atoms with Crippen molar-refractivity contribution >= 4 is 28.5 Å². The second-order valence-electron chi connectivity index (χ2n) is 6.27. The van der Waals surface area contributed by atoms with Crippen molar-refractivity contribution in [1.29, 1.82) is 0 Å². The third-order valence-electron chi connectivity index (χ3n) is 4.18. The molecule has 29 heavy (non-hydrogen) atoms. The topological polar surface area (TPSA) is 94.3 Å². The highest BCUT2D eigenvalue weighted by atomic mass is 16.5. The first-order chi connectivity index (χ1) is 14.2. The second-order valence-corrected chi connectivity index (χ2v) is 6.27. The number of rotatable bonds is 6. The molecule has 0 spiro atoms. The molecule has 0 radical (unpaired) electrons. The fourth-order valence-corrected chi connectivity index (χ4v) is 2.85. The maximum atomic E-state index is 12.2. The van der Waals surface area contributed by atoms with Crippen molar-refractivity contribution < 1.29 is 18.7 Å². The number of nitrogens with one attached hydrogen (secondary N) is 1. The largest absolute Gasteiger partial charge is 0.455 e. The Hall–Kier alpha value is -4.00. The standard InChI is InChI=1S/C22H17N3O4/c26-20(25-19-10-4-9-18-17(19)8-5-11-23-18)14-28-21(27)12-16-13-29-22(24-16)15-6-2-1-3-7-15/h1-11,13H,12,14H2,(H,25,26). The predicted octanol–water partition coefficient (Wildman–Crippen LogP) is 3.61. The van der Waals surface area contributed by atoms with Crippen molar-refractivity contribution in [2.24, 2.45) is 0 Å². The van der Waals surface area contributed by atoms with Crippen molar-refractivity contribution in [2.75, 3.05) is 11.9 Å². The number of nitrogens with zero attached hydrogens (tertiary/aromatic N) is 2. The van der Waals surface area contributed by atoms with E-state index < -0.39 is 18.5 Å². The molecule has 2 heterocycles. The molecule has 0 atom stereocenters. The molecule has 0 aliphatic carbocycles. The number of pyridine rings is 1. The molecule has 1 amide bonds. The van der Waals surface area contributed by atoms with E-state index in [-0.39, 0.29) is 6.42 Å². The summed E-state index contributed by atoms with van der Waals surface area (Å²) in [7, 11) is 0. The van der Waals surface area contributed by atoms with Gasteiger partial charge < -0.3 is 14.5 Å². The van der Waals surface area contributed by atoms with Gasteiger partial charge in [0.1, 0.15) is 6.26 Å². The van der Waals surface area contributed by atoms with E-state index >= 15 is 0 Å². The molecule has 0 fully saturated rings. The number of amides is 1. The fourth-order valence-electron chi connectivity index (χ4n) is 2.85. The minimum Gasteiger partial charge on any atom is -0.455 e. The lowest BCUT2D eigenvalue weighted by Crippen LogP contribution is -2.21. The monoisotopic (exact) mass is 387 g/mol. The van der Waals surface area contributed by atoms with Crippen LogP contribution in [-0.2, 0) is 20.7 Å². The Bertz CT molecular complexity index is 1150. The van der Waals surface area contributed by atoms with Gasteiger partial charge >= 0.3 is 5.97 Å². The van der Waals surface area contributed by atoms with E-state index in [0.29, 0.717) is 17.3 Å². The number of carbonyl (C=O) groups is 2. The van der Waals surface area contributed by atoms with Gasteiger partial charge in [0.25, 0.3) is 5.91 Å². The number of fused-ring (bicyclic) bond motifs is 1. The van der Waals surface area contributed by atoms with Gasteiger partial charge in [0.2, 0.25) is 5.89 Å². The molecule has 2 aromatic heterocycles. The lowest BCUT2D eigenvalue weighted by atomic mass is 10.2. The van der Waals surface area contributed by atoms with Crippen LogP contribution in [0.3, 0.4) is 0 Å². The van der Waals surface area contributed by atoms with Gasteiger partial charge in [-0.2, -0.15) is 0 Å². The molecule has 4 aromatic rings. The molecule has 0 unspecified atom stereocenters. The molecule has 7 nitrogen and oxygen atoms in total. The van der Waals surface area contributed by atoms with Gasteiger partial charge in [-0.25, -0.2) is 4.98 Å². The Labute approximate surface area is 166 Å². The number of anilines is 1. The molecule has 4 rings (SSSR count). The van der Waals surface area contributed by atoms with Crippen LogP contribution in [0.2, 0.25) is 0 Å². The molecule has 0 aliphatic heterocycles. The van der Waals surface area contributed by atoms with Crippen molar-refractivity contribution in [3.63, 3.8) is 0 Å². The molecular weight excluding hydrogens is 370 g/mol. The Morgan fingerprint density at radius 1 is 1.00 bits per heavy atom. The number of hydrogen-bond donors (Lipinski definition) is 1. The molecule has 144 valence electrons. The summed E-state index contributed by atoms with van der Waals surface area (Å²) in [6.45, 7) is -0.390. The summed E-state index contributed by atoms with van der Waals surface area (Å²) >= 11 is 0. The molecule has 0 saturated heterocycles. The van der Waals surface area contributed by atoms with Gasteiger partial charge in [0.05, 0.1) is 23.3 Å². The van der Waals surface area contributed by atoms with E-state index in [2.05, 4.69) is 15.3 Å². The van der Waals surface area contributed by atoms with Crippen LogP contribution >= 0.6 is 0 Å². The molecular formula is C22H17N3O4. The molecule has 2 aromatic carbocycles. The summed E-state index contributed by atoms with van der Waals surface area (Å²) < 4.78 is 10.5. The normalized spacial score (nSPS) is 10.6. The quantitative estimate of drug-likeness (QED) is 0.508. The number of benzene rings is 2. The Balaban J connectivity index is 1.31. The molecule has 0 saturated carbocycles. The average Bonchev–Trinajstić information content (AvgIpc) is 3.22. The van der Waals surface area contributed by atoms with Crippen LogP contribution in [0.1, 0.15) is 5.69 Å². The zero-order chi connectivity index (χ0) is 20.1. The van der Waals surface area contributed by atoms with Crippen LogP contribution in [0.5, 0.6) is 0 Å². The number of oxazole rings is 1. The maximum absolute atomic E-state index is 12.2. The highest BCUT2D eigenvalue weighted by Crippen LogP contribution is 2.21. The predicted molar refractivity (Wildman–Crippen MR) is 107 cm³/mol. The molecule has 0 aliphatic rings. The summed E-state index contributed by atoms with van der Waals surface area (Å²) in [6.07, 6.45) is 3.01. The average molecular weight is 387 g/mol. The van der Waals surface area contributed by atoms with Crippen LogP contribution in [0.4, 0.5) is 5.69 Å². The SMILES string of the molecule is O=C(COC(=O)Cc1coc(-c2ccccc2)n1)Nc1cccc2ncccc12. The zero-order valence-electron chi connectivity index (χ0n) is 15.4. The third kappa shape index (κ3) is 4.47. The number of carbonyl (C=O) groups excluding carboxylic acids is 2. The second kappa shape index (κ2) is 8.35. The van der Waals surface area contributed by atoms with Crippen molar-refractivity contribution in [2.45, 2.75) is 6.42 Å². The smallest absolute Gasteiger partial charge is 0.312 e. The van der Waals surface area contributed by atoms with Gasteiger partial charge in [-0.3, -0.25) is 14.6 Å². The van der Waals surface area contributed by atoms with E-state index in [9.17, 15) is 9.59 Å². The van der Waals surface area contributed by atoms with Crippen LogP contribution < -0.4 is 5.32 Å². The van der Waals surface area contributed by atoms with E-state index in [1.54, 1.807) is 24.4 Å². The minimum absolute atomic E-state index is 0.0815. The summed E-state index contributed by atoms with van der Waals surface area (Å²) in [5.74, 6) is -0.566. The first-order valence-corrected chi connectivity index (χ1v) is 8.98. The highest BCUT2D eigenvalue weighted by Gasteiger charge is 2.13. The van der Waals surface area contributed by atoms with Gasteiger partial charge in [0.15, 0.2) is 6.61 Å². The molecule has 0 bridgehead atoms. The lowest BCUT2D eigenvalue weighted by Gasteiger charge is -2.08. The number of esters is 1. The number of ether oxygens (including phenoxy) is 1. The van der Waals surface area contributed by atoms with Crippen molar-refractivity contribution in [3.05, 3.63) is 78.8 Å². The van der Waals surface area contributed by atoms with Crippen LogP contribution in [0.15, 0.2) is 77.5 Å². The first-order valence-electron chi connectivity index (χ1n) is 8.98. The van der Waals surface area contributed by atoms with Crippen molar-refractivity contribution in [3.8, 4) is 11.5 Å².